The second kappa shape index (κ2) is 5.93. The number of nitrogens with one attached hydrogen (secondary N) is 1. The summed E-state index contributed by atoms with van der Waals surface area (Å²) in [5.74, 6) is 0. The predicted molar refractivity (Wildman–Crippen MR) is 82.8 cm³/mol. The molecule has 0 spiro atoms. The third-order valence-electron chi connectivity index (χ3n) is 3.80. The maximum Gasteiger partial charge on any atom is 0.134 e. The summed E-state index contributed by atoms with van der Waals surface area (Å²) in [6, 6.07) is 19.1. The molecule has 1 N–H and O–H groups in total. The van der Waals surface area contributed by atoms with Crippen LogP contribution in [0.25, 0.3) is 11.0 Å². The van der Waals surface area contributed by atoms with E-state index < -0.39 is 0 Å². The number of benzene rings is 2. The van der Waals surface area contributed by atoms with Crippen molar-refractivity contribution in [1.82, 2.24) is 5.32 Å². The average Bonchev–Trinajstić information content (AvgIpc) is 2.93. The number of hydrogen-bond donors (Lipinski definition) is 1. The van der Waals surface area contributed by atoms with E-state index in [9.17, 15) is 0 Å². The summed E-state index contributed by atoms with van der Waals surface area (Å²) in [4.78, 5) is 0. The van der Waals surface area contributed by atoms with Crippen LogP contribution in [-0.2, 0) is 6.42 Å². The molecule has 0 aliphatic heterocycles. The minimum Gasteiger partial charge on any atom is -0.464 e. The summed E-state index contributed by atoms with van der Waals surface area (Å²) in [5.41, 5.74) is 3.59. The quantitative estimate of drug-likeness (QED) is 0.743. The number of furan rings is 1. The van der Waals surface area contributed by atoms with Crippen LogP contribution >= 0.6 is 0 Å². The van der Waals surface area contributed by atoms with Crippen molar-refractivity contribution in [1.29, 1.82) is 0 Å². The second-order valence-electron chi connectivity index (χ2n) is 5.05. The molecule has 2 heteroatoms. The van der Waals surface area contributed by atoms with Crippen molar-refractivity contribution >= 4 is 11.0 Å². The number of para-hydroxylation sites is 1. The van der Waals surface area contributed by atoms with Crippen LogP contribution in [0.4, 0.5) is 0 Å². The first kappa shape index (κ1) is 12.9. The molecule has 2 nitrogen and oxygen atoms in total. The Kier molecular flexibility index (Phi) is 3.84. The molecule has 0 saturated carbocycles. The summed E-state index contributed by atoms with van der Waals surface area (Å²) in [7, 11) is 2.01. The topological polar surface area (TPSA) is 25.2 Å². The maximum absolute atomic E-state index is 5.64. The Balaban J connectivity index is 1.79. The van der Waals surface area contributed by atoms with Gasteiger partial charge < -0.3 is 9.73 Å². The lowest BCUT2D eigenvalue weighted by molar-refractivity contribution is 0.534. The molecule has 1 heterocycles. The zero-order valence-corrected chi connectivity index (χ0v) is 11.7. The van der Waals surface area contributed by atoms with Crippen molar-refractivity contribution in [2.75, 3.05) is 7.05 Å². The van der Waals surface area contributed by atoms with Gasteiger partial charge in [-0.05, 0) is 31.5 Å². The van der Waals surface area contributed by atoms with Gasteiger partial charge in [0, 0.05) is 17.0 Å². The van der Waals surface area contributed by atoms with Crippen molar-refractivity contribution < 1.29 is 4.42 Å². The van der Waals surface area contributed by atoms with Crippen molar-refractivity contribution in [3.05, 3.63) is 72.0 Å². The Morgan fingerprint density at radius 1 is 1.00 bits per heavy atom. The minimum absolute atomic E-state index is 0.318. The first-order valence-electron chi connectivity index (χ1n) is 7.06. The van der Waals surface area contributed by atoms with Gasteiger partial charge in [0.25, 0.3) is 0 Å². The zero-order valence-electron chi connectivity index (χ0n) is 11.7. The van der Waals surface area contributed by atoms with Gasteiger partial charge in [-0.3, -0.25) is 0 Å². The van der Waals surface area contributed by atoms with Crippen LogP contribution in [-0.4, -0.2) is 7.05 Å². The van der Waals surface area contributed by atoms with E-state index in [0.29, 0.717) is 6.04 Å². The fourth-order valence-corrected chi connectivity index (χ4v) is 2.68. The SMILES string of the molecule is CNC(CCc1ccccc1)c1coc2ccccc12. The van der Waals surface area contributed by atoms with Gasteiger partial charge in [-0.1, -0.05) is 48.5 Å². The minimum atomic E-state index is 0.318. The van der Waals surface area contributed by atoms with E-state index in [1.807, 2.05) is 25.4 Å². The summed E-state index contributed by atoms with van der Waals surface area (Å²) in [6.07, 6.45) is 4.01. The largest absolute Gasteiger partial charge is 0.464 e. The first-order valence-corrected chi connectivity index (χ1v) is 7.06. The molecule has 0 fully saturated rings. The van der Waals surface area contributed by atoms with Crippen LogP contribution in [0.1, 0.15) is 23.6 Å². The van der Waals surface area contributed by atoms with Crippen molar-refractivity contribution in [2.24, 2.45) is 0 Å². The van der Waals surface area contributed by atoms with Gasteiger partial charge in [0.2, 0.25) is 0 Å². The number of aryl methyl sites for hydroxylation is 1. The van der Waals surface area contributed by atoms with Gasteiger partial charge >= 0.3 is 0 Å². The van der Waals surface area contributed by atoms with E-state index in [2.05, 4.69) is 47.8 Å². The van der Waals surface area contributed by atoms with Crippen molar-refractivity contribution in [3.63, 3.8) is 0 Å². The Bertz CT molecular complexity index is 672. The van der Waals surface area contributed by atoms with Gasteiger partial charge in [0.15, 0.2) is 0 Å². The molecule has 0 bridgehead atoms. The summed E-state index contributed by atoms with van der Waals surface area (Å²) in [5, 5.41) is 4.62. The van der Waals surface area contributed by atoms with Gasteiger partial charge in [-0.25, -0.2) is 0 Å². The molecule has 0 radical (unpaired) electrons. The second-order valence-corrected chi connectivity index (χ2v) is 5.05. The van der Waals surface area contributed by atoms with Crippen molar-refractivity contribution in [2.45, 2.75) is 18.9 Å². The van der Waals surface area contributed by atoms with E-state index >= 15 is 0 Å². The smallest absolute Gasteiger partial charge is 0.134 e. The van der Waals surface area contributed by atoms with Gasteiger partial charge in [0.05, 0.1) is 6.26 Å². The highest BCUT2D eigenvalue weighted by Gasteiger charge is 2.15. The fraction of sp³-hybridized carbons (Fsp3) is 0.222. The Morgan fingerprint density at radius 3 is 2.55 bits per heavy atom. The van der Waals surface area contributed by atoms with Crippen LogP contribution in [0.5, 0.6) is 0 Å². The Hall–Kier alpha value is -2.06. The van der Waals surface area contributed by atoms with E-state index in [1.54, 1.807) is 0 Å². The summed E-state index contributed by atoms with van der Waals surface area (Å²) >= 11 is 0. The van der Waals surface area contributed by atoms with E-state index in [-0.39, 0.29) is 0 Å². The van der Waals surface area contributed by atoms with Gasteiger partial charge in [0.1, 0.15) is 5.58 Å². The van der Waals surface area contributed by atoms with E-state index in [1.165, 1.54) is 16.5 Å². The monoisotopic (exact) mass is 265 g/mol. The molecule has 102 valence electrons. The number of rotatable bonds is 5. The molecule has 0 saturated heterocycles. The molecule has 20 heavy (non-hydrogen) atoms. The summed E-state index contributed by atoms with van der Waals surface area (Å²) < 4.78 is 5.64. The third-order valence-corrected chi connectivity index (χ3v) is 3.80. The molecule has 1 unspecified atom stereocenters. The molecule has 1 aromatic heterocycles. The Morgan fingerprint density at radius 2 is 1.75 bits per heavy atom. The highest BCUT2D eigenvalue weighted by Crippen LogP contribution is 2.28. The van der Waals surface area contributed by atoms with Gasteiger partial charge in [-0.2, -0.15) is 0 Å². The Labute approximate surface area is 119 Å². The zero-order chi connectivity index (χ0) is 13.8. The molecule has 1 atom stereocenters. The van der Waals surface area contributed by atoms with E-state index in [4.69, 9.17) is 4.42 Å². The molecular formula is C18H19NO. The lowest BCUT2D eigenvalue weighted by Crippen LogP contribution is -2.16. The average molecular weight is 265 g/mol. The summed E-state index contributed by atoms with van der Waals surface area (Å²) in [6.45, 7) is 0. The maximum atomic E-state index is 5.64. The molecule has 0 aliphatic carbocycles. The third kappa shape index (κ3) is 2.61. The highest BCUT2D eigenvalue weighted by molar-refractivity contribution is 5.81. The molecule has 0 aliphatic rings. The van der Waals surface area contributed by atoms with Crippen LogP contribution in [0.15, 0.2) is 65.3 Å². The molecule has 3 aromatic rings. The van der Waals surface area contributed by atoms with Crippen LogP contribution in [0, 0.1) is 0 Å². The molecule has 2 aromatic carbocycles. The fourth-order valence-electron chi connectivity index (χ4n) is 2.68. The molecule has 0 amide bonds. The van der Waals surface area contributed by atoms with E-state index in [0.717, 1.165) is 18.4 Å². The van der Waals surface area contributed by atoms with Crippen LogP contribution in [0.2, 0.25) is 0 Å². The van der Waals surface area contributed by atoms with Crippen LogP contribution in [0.3, 0.4) is 0 Å². The lowest BCUT2D eigenvalue weighted by atomic mass is 9.98. The van der Waals surface area contributed by atoms with Crippen molar-refractivity contribution in [3.8, 4) is 0 Å². The highest BCUT2D eigenvalue weighted by atomic mass is 16.3. The predicted octanol–water partition coefficient (Wildman–Crippen LogP) is 4.33. The van der Waals surface area contributed by atoms with Gasteiger partial charge in [-0.15, -0.1) is 0 Å². The lowest BCUT2D eigenvalue weighted by Gasteiger charge is -2.15. The van der Waals surface area contributed by atoms with Crippen LogP contribution < -0.4 is 5.32 Å². The standard InChI is InChI=1S/C18H19NO/c1-19-17(12-11-14-7-3-2-4-8-14)16-13-20-18-10-6-5-9-15(16)18/h2-10,13,17,19H,11-12H2,1H3. The number of hydrogen-bond acceptors (Lipinski definition) is 2. The molecule has 3 rings (SSSR count). The normalized spacial score (nSPS) is 12.7. The first-order chi connectivity index (χ1) is 9.88. The number of fused-ring (bicyclic) bond motifs is 1. The molecular weight excluding hydrogens is 246 g/mol.